The standard InChI is InChI=1S/C12H12BrNO2/c1-3-16-11-6-4-5-9(10(11)7-14)12(13)8(2)15/h4-6,12H,3H2,1-2H3. The first-order valence-corrected chi connectivity index (χ1v) is 5.83. The molecule has 0 aliphatic carbocycles. The lowest BCUT2D eigenvalue weighted by molar-refractivity contribution is -0.116. The van der Waals surface area contributed by atoms with E-state index in [1.165, 1.54) is 6.92 Å². The van der Waals surface area contributed by atoms with Gasteiger partial charge in [-0.1, -0.05) is 28.1 Å². The highest BCUT2D eigenvalue weighted by Gasteiger charge is 2.19. The molecule has 0 aromatic heterocycles. The van der Waals surface area contributed by atoms with E-state index in [4.69, 9.17) is 10.00 Å². The van der Waals surface area contributed by atoms with E-state index in [1.807, 2.05) is 6.92 Å². The molecular formula is C12H12BrNO2. The van der Waals surface area contributed by atoms with Gasteiger partial charge in [0.1, 0.15) is 17.6 Å². The van der Waals surface area contributed by atoms with Crippen LogP contribution in [0.3, 0.4) is 0 Å². The smallest absolute Gasteiger partial charge is 0.147 e. The van der Waals surface area contributed by atoms with E-state index in [0.29, 0.717) is 23.5 Å². The van der Waals surface area contributed by atoms with Crippen molar-refractivity contribution in [1.29, 1.82) is 5.26 Å². The number of carbonyl (C=O) groups is 1. The Morgan fingerprint density at radius 1 is 1.62 bits per heavy atom. The van der Waals surface area contributed by atoms with Crippen LogP contribution in [0.4, 0.5) is 0 Å². The number of nitrogens with zero attached hydrogens (tertiary/aromatic N) is 1. The SMILES string of the molecule is CCOc1cccc(C(Br)C(C)=O)c1C#N. The van der Waals surface area contributed by atoms with E-state index in [2.05, 4.69) is 22.0 Å². The Labute approximate surface area is 103 Å². The van der Waals surface area contributed by atoms with Crippen LogP contribution in [0.1, 0.15) is 29.8 Å². The predicted molar refractivity (Wildman–Crippen MR) is 64.7 cm³/mol. The van der Waals surface area contributed by atoms with Gasteiger partial charge in [0.15, 0.2) is 0 Å². The number of nitriles is 1. The topological polar surface area (TPSA) is 50.1 Å². The number of benzene rings is 1. The molecule has 0 amide bonds. The molecule has 1 rings (SSSR count). The summed E-state index contributed by atoms with van der Waals surface area (Å²) in [7, 11) is 0. The fourth-order valence-corrected chi connectivity index (χ4v) is 1.76. The minimum Gasteiger partial charge on any atom is -0.492 e. The number of hydrogen-bond donors (Lipinski definition) is 0. The normalized spacial score (nSPS) is 11.6. The number of ether oxygens (including phenoxy) is 1. The first-order chi connectivity index (χ1) is 7.61. The lowest BCUT2D eigenvalue weighted by Gasteiger charge is -2.12. The zero-order valence-electron chi connectivity index (χ0n) is 9.16. The van der Waals surface area contributed by atoms with Crippen molar-refractivity contribution in [2.75, 3.05) is 6.61 Å². The Kier molecular flexibility index (Phi) is 4.51. The maximum atomic E-state index is 11.3. The van der Waals surface area contributed by atoms with Crippen LogP contribution in [0.15, 0.2) is 18.2 Å². The first-order valence-electron chi connectivity index (χ1n) is 4.92. The van der Waals surface area contributed by atoms with Crippen LogP contribution in [0, 0.1) is 11.3 Å². The maximum absolute atomic E-state index is 11.3. The van der Waals surface area contributed by atoms with Crippen LogP contribution in [-0.4, -0.2) is 12.4 Å². The van der Waals surface area contributed by atoms with Crippen molar-refractivity contribution >= 4 is 21.7 Å². The van der Waals surface area contributed by atoms with Crippen molar-refractivity contribution in [1.82, 2.24) is 0 Å². The third-order valence-electron chi connectivity index (χ3n) is 2.10. The summed E-state index contributed by atoms with van der Waals surface area (Å²) >= 11 is 3.27. The largest absolute Gasteiger partial charge is 0.492 e. The molecule has 0 aliphatic heterocycles. The molecule has 1 aromatic rings. The molecule has 0 aliphatic rings. The van der Waals surface area contributed by atoms with Crippen molar-refractivity contribution in [3.63, 3.8) is 0 Å². The molecule has 0 spiro atoms. The van der Waals surface area contributed by atoms with Gasteiger partial charge in [0.2, 0.25) is 0 Å². The van der Waals surface area contributed by atoms with Crippen LogP contribution in [-0.2, 0) is 4.79 Å². The first kappa shape index (κ1) is 12.7. The predicted octanol–water partition coefficient (Wildman–Crippen LogP) is 2.98. The van der Waals surface area contributed by atoms with Crippen LogP contribution in [0.5, 0.6) is 5.75 Å². The second kappa shape index (κ2) is 5.66. The molecule has 1 unspecified atom stereocenters. The van der Waals surface area contributed by atoms with Gasteiger partial charge in [-0.05, 0) is 25.5 Å². The Morgan fingerprint density at radius 3 is 2.81 bits per heavy atom. The van der Waals surface area contributed by atoms with E-state index in [9.17, 15) is 4.79 Å². The molecule has 3 nitrogen and oxygen atoms in total. The number of rotatable bonds is 4. The lowest BCUT2D eigenvalue weighted by atomic mass is 10.0. The highest BCUT2D eigenvalue weighted by molar-refractivity contribution is 9.09. The van der Waals surface area contributed by atoms with Gasteiger partial charge in [0.05, 0.1) is 17.0 Å². The average molecular weight is 282 g/mol. The fourth-order valence-electron chi connectivity index (χ4n) is 1.37. The quantitative estimate of drug-likeness (QED) is 0.798. The molecule has 0 heterocycles. The molecule has 0 saturated carbocycles. The Morgan fingerprint density at radius 2 is 2.31 bits per heavy atom. The lowest BCUT2D eigenvalue weighted by Crippen LogP contribution is -2.05. The summed E-state index contributed by atoms with van der Waals surface area (Å²) in [6.07, 6.45) is 0. The maximum Gasteiger partial charge on any atom is 0.147 e. The molecule has 16 heavy (non-hydrogen) atoms. The molecular weight excluding hydrogens is 270 g/mol. The van der Waals surface area contributed by atoms with Gasteiger partial charge in [0.25, 0.3) is 0 Å². The van der Waals surface area contributed by atoms with E-state index in [-0.39, 0.29) is 5.78 Å². The summed E-state index contributed by atoms with van der Waals surface area (Å²) in [6.45, 7) is 3.82. The van der Waals surface area contributed by atoms with E-state index >= 15 is 0 Å². The third kappa shape index (κ3) is 2.61. The summed E-state index contributed by atoms with van der Waals surface area (Å²) < 4.78 is 5.34. The summed E-state index contributed by atoms with van der Waals surface area (Å²) in [6, 6.07) is 7.33. The Bertz CT molecular complexity index is 437. The minimum atomic E-state index is -0.456. The molecule has 0 bridgehead atoms. The van der Waals surface area contributed by atoms with Gasteiger partial charge < -0.3 is 4.74 Å². The van der Waals surface area contributed by atoms with E-state index in [0.717, 1.165) is 0 Å². The zero-order valence-corrected chi connectivity index (χ0v) is 10.7. The Balaban J connectivity index is 3.25. The fraction of sp³-hybridized carbons (Fsp3) is 0.333. The minimum absolute atomic E-state index is 0.0369. The van der Waals surface area contributed by atoms with E-state index < -0.39 is 4.83 Å². The van der Waals surface area contributed by atoms with Crippen LogP contribution >= 0.6 is 15.9 Å². The number of Topliss-reactive ketones (excluding diaryl/α,β-unsaturated/α-hetero) is 1. The van der Waals surface area contributed by atoms with Gasteiger partial charge in [-0.2, -0.15) is 5.26 Å². The van der Waals surface area contributed by atoms with Gasteiger partial charge in [0, 0.05) is 0 Å². The number of ketones is 1. The average Bonchev–Trinajstić information content (AvgIpc) is 2.28. The highest BCUT2D eigenvalue weighted by atomic mass is 79.9. The highest BCUT2D eigenvalue weighted by Crippen LogP contribution is 2.31. The molecule has 84 valence electrons. The van der Waals surface area contributed by atoms with Gasteiger partial charge in [-0.3, -0.25) is 4.79 Å². The Hall–Kier alpha value is -1.34. The molecule has 0 fully saturated rings. The zero-order chi connectivity index (χ0) is 12.1. The summed E-state index contributed by atoms with van der Waals surface area (Å²) in [4.78, 5) is 10.8. The summed E-state index contributed by atoms with van der Waals surface area (Å²) in [5.74, 6) is 0.485. The molecule has 1 aromatic carbocycles. The molecule has 4 heteroatoms. The molecule has 0 saturated heterocycles. The summed E-state index contributed by atoms with van der Waals surface area (Å²) in [5.41, 5.74) is 1.07. The van der Waals surface area contributed by atoms with Crippen molar-refractivity contribution < 1.29 is 9.53 Å². The van der Waals surface area contributed by atoms with Gasteiger partial charge >= 0.3 is 0 Å². The van der Waals surface area contributed by atoms with Crippen molar-refractivity contribution in [2.24, 2.45) is 0 Å². The van der Waals surface area contributed by atoms with Crippen molar-refractivity contribution in [2.45, 2.75) is 18.7 Å². The van der Waals surface area contributed by atoms with Crippen molar-refractivity contribution in [3.8, 4) is 11.8 Å². The van der Waals surface area contributed by atoms with Gasteiger partial charge in [-0.25, -0.2) is 0 Å². The van der Waals surface area contributed by atoms with Crippen LogP contribution < -0.4 is 4.74 Å². The second-order valence-electron chi connectivity index (χ2n) is 3.24. The monoisotopic (exact) mass is 281 g/mol. The molecule has 0 radical (unpaired) electrons. The second-order valence-corrected chi connectivity index (χ2v) is 4.15. The van der Waals surface area contributed by atoms with Crippen LogP contribution in [0.2, 0.25) is 0 Å². The van der Waals surface area contributed by atoms with Crippen LogP contribution in [0.25, 0.3) is 0 Å². The molecule has 0 N–H and O–H groups in total. The number of halogens is 1. The number of carbonyl (C=O) groups excluding carboxylic acids is 1. The number of alkyl halides is 1. The van der Waals surface area contributed by atoms with E-state index in [1.54, 1.807) is 18.2 Å². The molecule has 1 atom stereocenters. The number of hydrogen-bond acceptors (Lipinski definition) is 3. The van der Waals surface area contributed by atoms with Gasteiger partial charge in [-0.15, -0.1) is 0 Å². The third-order valence-corrected chi connectivity index (χ3v) is 3.24. The van der Waals surface area contributed by atoms with Crippen molar-refractivity contribution in [3.05, 3.63) is 29.3 Å². The summed E-state index contributed by atoms with van der Waals surface area (Å²) in [5, 5.41) is 9.09.